The summed E-state index contributed by atoms with van der Waals surface area (Å²) in [5.41, 5.74) is 7.02. The van der Waals surface area contributed by atoms with Gasteiger partial charge in [0, 0.05) is 10.0 Å². The summed E-state index contributed by atoms with van der Waals surface area (Å²) in [6.45, 7) is 0. The summed E-state index contributed by atoms with van der Waals surface area (Å²) < 4.78 is 26.0. The molecule has 0 amide bonds. The SMILES string of the molecule is NC(c1ccc(F)c(F)c1)c1ccc(Cl)cc1Cl. The molecular weight excluding hydrogens is 279 g/mol. The molecule has 1 unspecified atom stereocenters. The number of halogens is 4. The smallest absolute Gasteiger partial charge is 0.159 e. The molecule has 2 aromatic carbocycles. The molecule has 2 rings (SSSR count). The molecule has 2 N–H and O–H groups in total. The second-order valence-corrected chi connectivity index (χ2v) is 4.66. The van der Waals surface area contributed by atoms with E-state index in [0.717, 1.165) is 12.1 Å². The van der Waals surface area contributed by atoms with Gasteiger partial charge in [-0.3, -0.25) is 0 Å². The molecule has 0 saturated carbocycles. The fourth-order valence-corrected chi connectivity index (χ4v) is 2.17. The van der Waals surface area contributed by atoms with Crippen LogP contribution in [0.4, 0.5) is 8.78 Å². The van der Waals surface area contributed by atoms with E-state index in [1.165, 1.54) is 6.07 Å². The lowest BCUT2D eigenvalue weighted by atomic mass is 9.99. The first kappa shape index (κ1) is 13.3. The van der Waals surface area contributed by atoms with Crippen molar-refractivity contribution < 1.29 is 8.78 Å². The molecule has 5 heteroatoms. The lowest BCUT2D eigenvalue weighted by molar-refractivity contribution is 0.506. The van der Waals surface area contributed by atoms with Gasteiger partial charge in [0.1, 0.15) is 0 Å². The van der Waals surface area contributed by atoms with Crippen molar-refractivity contribution in [2.24, 2.45) is 5.73 Å². The minimum absolute atomic E-state index is 0.389. The van der Waals surface area contributed by atoms with Crippen molar-refractivity contribution in [2.45, 2.75) is 6.04 Å². The third-order valence-corrected chi connectivity index (χ3v) is 3.16. The van der Waals surface area contributed by atoms with E-state index in [2.05, 4.69) is 0 Å². The van der Waals surface area contributed by atoms with Crippen LogP contribution in [0.25, 0.3) is 0 Å². The molecule has 0 saturated heterocycles. The summed E-state index contributed by atoms with van der Waals surface area (Å²) in [6.07, 6.45) is 0. The highest BCUT2D eigenvalue weighted by Gasteiger charge is 2.14. The van der Waals surface area contributed by atoms with Crippen molar-refractivity contribution >= 4 is 23.2 Å². The lowest BCUT2D eigenvalue weighted by Gasteiger charge is -2.14. The van der Waals surface area contributed by atoms with Crippen LogP contribution < -0.4 is 5.73 Å². The molecule has 0 radical (unpaired) electrons. The fraction of sp³-hybridized carbons (Fsp3) is 0.0769. The van der Waals surface area contributed by atoms with Crippen LogP contribution in [0, 0.1) is 11.6 Å². The molecule has 18 heavy (non-hydrogen) atoms. The molecule has 2 aromatic rings. The molecule has 0 bridgehead atoms. The second kappa shape index (κ2) is 5.22. The van der Waals surface area contributed by atoms with Crippen molar-refractivity contribution in [3.05, 3.63) is 69.2 Å². The molecule has 0 aliphatic carbocycles. The summed E-state index contributed by atoms with van der Waals surface area (Å²) in [6, 6.07) is 7.75. The minimum Gasteiger partial charge on any atom is -0.320 e. The normalized spacial score (nSPS) is 12.5. The van der Waals surface area contributed by atoms with Gasteiger partial charge in [-0.2, -0.15) is 0 Å². The Morgan fingerprint density at radius 1 is 0.944 bits per heavy atom. The van der Waals surface area contributed by atoms with Gasteiger partial charge in [-0.15, -0.1) is 0 Å². The van der Waals surface area contributed by atoms with E-state index in [-0.39, 0.29) is 0 Å². The van der Waals surface area contributed by atoms with E-state index in [4.69, 9.17) is 28.9 Å². The van der Waals surface area contributed by atoms with Crippen LogP contribution in [0.5, 0.6) is 0 Å². The van der Waals surface area contributed by atoms with Gasteiger partial charge in [-0.1, -0.05) is 35.3 Å². The number of hydrogen-bond donors (Lipinski definition) is 1. The van der Waals surface area contributed by atoms with Gasteiger partial charge in [-0.25, -0.2) is 8.78 Å². The maximum atomic E-state index is 13.1. The van der Waals surface area contributed by atoms with Crippen LogP contribution in [-0.2, 0) is 0 Å². The topological polar surface area (TPSA) is 26.0 Å². The van der Waals surface area contributed by atoms with E-state index >= 15 is 0 Å². The van der Waals surface area contributed by atoms with Gasteiger partial charge in [0.25, 0.3) is 0 Å². The maximum absolute atomic E-state index is 13.1. The van der Waals surface area contributed by atoms with Gasteiger partial charge in [0.2, 0.25) is 0 Å². The number of nitrogens with two attached hydrogens (primary N) is 1. The van der Waals surface area contributed by atoms with E-state index in [1.54, 1.807) is 18.2 Å². The van der Waals surface area contributed by atoms with E-state index < -0.39 is 17.7 Å². The molecule has 94 valence electrons. The second-order valence-electron chi connectivity index (χ2n) is 3.82. The Balaban J connectivity index is 2.41. The van der Waals surface area contributed by atoms with Gasteiger partial charge < -0.3 is 5.73 Å². The van der Waals surface area contributed by atoms with Crippen LogP contribution in [0.2, 0.25) is 10.0 Å². The van der Waals surface area contributed by atoms with Crippen molar-refractivity contribution in [2.75, 3.05) is 0 Å². The quantitative estimate of drug-likeness (QED) is 0.875. The Hall–Kier alpha value is -1.16. The Morgan fingerprint density at radius 2 is 1.67 bits per heavy atom. The number of hydrogen-bond acceptors (Lipinski definition) is 1. The predicted molar refractivity (Wildman–Crippen MR) is 68.9 cm³/mol. The van der Waals surface area contributed by atoms with Gasteiger partial charge >= 0.3 is 0 Å². The monoisotopic (exact) mass is 287 g/mol. The first-order valence-corrected chi connectivity index (χ1v) is 5.90. The first-order valence-electron chi connectivity index (χ1n) is 5.14. The van der Waals surface area contributed by atoms with E-state index in [1.807, 2.05) is 0 Å². The van der Waals surface area contributed by atoms with Crippen molar-refractivity contribution in [3.63, 3.8) is 0 Å². The van der Waals surface area contributed by atoms with E-state index in [9.17, 15) is 8.78 Å². The Bertz CT molecular complexity index is 587. The average Bonchev–Trinajstić information content (AvgIpc) is 2.32. The molecule has 1 atom stereocenters. The fourth-order valence-electron chi connectivity index (χ4n) is 1.64. The molecule has 0 heterocycles. The Labute approximate surface area is 113 Å². The predicted octanol–water partition coefficient (Wildman–Crippen LogP) is 4.32. The molecule has 1 nitrogen and oxygen atoms in total. The summed E-state index contributed by atoms with van der Waals surface area (Å²) in [5, 5.41) is 0.876. The van der Waals surface area contributed by atoms with Gasteiger partial charge in [-0.05, 0) is 35.4 Å². The molecule has 0 spiro atoms. The summed E-state index contributed by atoms with van der Waals surface area (Å²) >= 11 is 11.8. The van der Waals surface area contributed by atoms with Crippen molar-refractivity contribution in [1.29, 1.82) is 0 Å². The minimum atomic E-state index is -0.937. The molecule has 0 aliphatic heterocycles. The zero-order valence-electron chi connectivity index (χ0n) is 9.13. The maximum Gasteiger partial charge on any atom is 0.159 e. The number of rotatable bonds is 2. The molecule has 0 aromatic heterocycles. The Morgan fingerprint density at radius 3 is 2.28 bits per heavy atom. The highest BCUT2D eigenvalue weighted by molar-refractivity contribution is 6.35. The van der Waals surface area contributed by atoms with Crippen LogP contribution in [0.3, 0.4) is 0 Å². The standard InChI is InChI=1S/C13H9Cl2F2N/c14-8-2-3-9(10(15)6-8)13(18)7-1-4-11(16)12(17)5-7/h1-6,13H,18H2. The Kier molecular flexibility index (Phi) is 3.85. The van der Waals surface area contributed by atoms with Crippen LogP contribution in [-0.4, -0.2) is 0 Å². The van der Waals surface area contributed by atoms with Crippen LogP contribution >= 0.6 is 23.2 Å². The highest BCUT2D eigenvalue weighted by Crippen LogP contribution is 2.29. The third-order valence-electron chi connectivity index (χ3n) is 2.60. The molecule has 0 aliphatic rings. The lowest BCUT2D eigenvalue weighted by Crippen LogP contribution is -2.12. The van der Waals surface area contributed by atoms with Crippen LogP contribution in [0.15, 0.2) is 36.4 Å². The third kappa shape index (κ3) is 2.64. The van der Waals surface area contributed by atoms with Gasteiger partial charge in [0.05, 0.1) is 6.04 Å². The summed E-state index contributed by atoms with van der Waals surface area (Å²) in [5.74, 6) is -1.85. The average molecular weight is 288 g/mol. The summed E-state index contributed by atoms with van der Waals surface area (Å²) in [7, 11) is 0. The first-order chi connectivity index (χ1) is 8.49. The van der Waals surface area contributed by atoms with Crippen molar-refractivity contribution in [1.82, 2.24) is 0 Å². The van der Waals surface area contributed by atoms with E-state index in [0.29, 0.717) is 21.2 Å². The summed E-state index contributed by atoms with van der Waals surface area (Å²) in [4.78, 5) is 0. The molecule has 0 fully saturated rings. The highest BCUT2D eigenvalue weighted by atomic mass is 35.5. The zero-order valence-corrected chi connectivity index (χ0v) is 10.6. The zero-order chi connectivity index (χ0) is 13.3. The van der Waals surface area contributed by atoms with Crippen molar-refractivity contribution in [3.8, 4) is 0 Å². The number of benzene rings is 2. The molecular formula is C13H9Cl2F2N. The van der Waals surface area contributed by atoms with Gasteiger partial charge in [0.15, 0.2) is 11.6 Å². The van der Waals surface area contributed by atoms with Crippen LogP contribution in [0.1, 0.15) is 17.2 Å². The largest absolute Gasteiger partial charge is 0.320 e.